The zero-order valence-electron chi connectivity index (χ0n) is 11.3. The van der Waals surface area contributed by atoms with Crippen molar-refractivity contribution in [1.82, 2.24) is 20.0 Å². The second kappa shape index (κ2) is 5.07. The van der Waals surface area contributed by atoms with Gasteiger partial charge in [0.25, 0.3) is 0 Å². The third-order valence-electron chi connectivity index (χ3n) is 3.07. The summed E-state index contributed by atoms with van der Waals surface area (Å²) in [6, 6.07) is 7.98. The zero-order valence-corrected chi connectivity index (χ0v) is 12.1. The highest BCUT2D eigenvalue weighted by molar-refractivity contribution is 7.14. The monoisotopic (exact) mass is 299 g/mol. The van der Waals surface area contributed by atoms with Gasteiger partial charge in [-0.3, -0.25) is 0 Å². The van der Waals surface area contributed by atoms with Crippen molar-refractivity contribution in [3.8, 4) is 22.5 Å². The fourth-order valence-electron chi connectivity index (χ4n) is 1.93. The summed E-state index contributed by atoms with van der Waals surface area (Å²) in [7, 11) is 0. The lowest BCUT2D eigenvalue weighted by Gasteiger charge is -2.03. The first-order chi connectivity index (χ1) is 10.1. The van der Waals surface area contributed by atoms with Crippen LogP contribution >= 0.6 is 11.3 Å². The van der Waals surface area contributed by atoms with Crippen molar-refractivity contribution in [3.63, 3.8) is 0 Å². The number of aromatic nitrogens is 4. The van der Waals surface area contributed by atoms with E-state index in [1.165, 1.54) is 28.2 Å². The highest BCUT2D eigenvalue weighted by atomic mass is 32.1. The van der Waals surface area contributed by atoms with E-state index in [4.69, 9.17) is 0 Å². The summed E-state index contributed by atoms with van der Waals surface area (Å²) < 4.78 is 14.9. The molecule has 0 spiro atoms. The van der Waals surface area contributed by atoms with E-state index in [9.17, 15) is 9.65 Å². The van der Waals surface area contributed by atoms with E-state index >= 15 is 0 Å². The van der Waals surface area contributed by atoms with Crippen molar-refractivity contribution < 1.29 is 4.39 Å². The van der Waals surface area contributed by atoms with Gasteiger partial charge in [-0.1, -0.05) is 28.7 Å². The summed E-state index contributed by atoms with van der Waals surface area (Å²) in [5.41, 5.74) is 2.04. The standard InChI is InChI=1S/C14H10FN5S/c1-8-9(2)21-14(17-8)20-13(12(7-16)18-19-20)10-4-3-5-11(15)6-10/h3-6H,1-2H3. The summed E-state index contributed by atoms with van der Waals surface area (Å²) in [5.74, 6) is -0.379. The van der Waals surface area contributed by atoms with E-state index < -0.39 is 0 Å². The van der Waals surface area contributed by atoms with Crippen molar-refractivity contribution in [2.45, 2.75) is 13.8 Å². The molecule has 0 amide bonds. The van der Waals surface area contributed by atoms with E-state index in [2.05, 4.69) is 15.3 Å². The molecule has 3 aromatic rings. The quantitative estimate of drug-likeness (QED) is 0.729. The molecular formula is C14H10FN5S. The number of nitrogens with zero attached hydrogens (tertiary/aromatic N) is 5. The number of halogens is 1. The van der Waals surface area contributed by atoms with Gasteiger partial charge in [0.15, 0.2) is 5.69 Å². The summed E-state index contributed by atoms with van der Waals surface area (Å²) >= 11 is 1.45. The molecule has 0 fully saturated rings. The summed E-state index contributed by atoms with van der Waals surface area (Å²) in [5, 5.41) is 17.6. The lowest BCUT2D eigenvalue weighted by atomic mass is 10.1. The minimum atomic E-state index is -0.379. The van der Waals surface area contributed by atoms with Crippen molar-refractivity contribution in [2.24, 2.45) is 0 Å². The summed E-state index contributed by atoms with van der Waals surface area (Å²) in [6.45, 7) is 3.86. The molecule has 0 atom stereocenters. The number of aryl methyl sites for hydroxylation is 2. The first-order valence-corrected chi connectivity index (χ1v) is 6.98. The molecule has 3 rings (SSSR count). The molecule has 0 aliphatic heterocycles. The van der Waals surface area contributed by atoms with Crippen LogP contribution in [-0.4, -0.2) is 20.0 Å². The van der Waals surface area contributed by atoms with E-state index in [0.717, 1.165) is 10.6 Å². The van der Waals surface area contributed by atoms with E-state index in [1.807, 2.05) is 19.9 Å². The number of nitriles is 1. The van der Waals surface area contributed by atoms with Gasteiger partial charge in [-0.15, -0.1) is 5.10 Å². The van der Waals surface area contributed by atoms with Gasteiger partial charge in [-0.05, 0) is 26.0 Å². The van der Waals surface area contributed by atoms with Gasteiger partial charge in [0.05, 0.1) is 5.69 Å². The maximum absolute atomic E-state index is 13.5. The molecule has 1 aromatic carbocycles. The van der Waals surface area contributed by atoms with Crippen LogP contribution in [0.15, 0.2) is 24.3 Å². The van der Waals surface area contributed by atoms with Crippen LogP contribution in [0.3, 0.4) is 0 Å². The Bertz CT molecular complexity index is 839. The normalized spacial score (nSPS) is 10.6. The van der Waals surface area contributed by atoms with Crippen LogP contribution in [0.5, 0.6) is 0 Å². The molecule has 2 heterocycles. The van der Waals surface area contributed by atoms with Crippen LogP contribution in [0.1, 0.15) is 16.3 Å². The van der Waals surface area contributed by atoms with Crippen LogP contribution in [-0.2, 0) is 0 Å². The summed E-state index contributed by atoms with van der Waals surface area (Å²) in [6.07, 6.45) is 0. The van der Waals surface area contributed by atoms with E-state index in [0.29, 0.717) is 16.4 Å². The number of hydrogen-bond acceptors (Lipinski definition) is 5. The van der Waals surface area contributed by atoms with Crippen molar-refractivity contribution >= 4 is 11.3 Å². The lowest BCUT2D eigenvalue weighted by Crippen LogP contribution is -1.99. The average molecular weight is 299 g/mol. The topological polar surface area (TPSA) is 67.4 Å². The third kappa shape index (κ3) is 2.30. The van der Waals surface area contributed by atoms with Crippen LogP contribution in [0.2, 0.25) is 0 Å². The Balaban J connectivity index is 2.24. The molecule has 0 saturated carbocycles. The van der Waals surface area contributed by atoms with Gasteiger partial charge in [-0.25, -0.2) is 9.37 Å². The predicted octanol–water partition coefficient (Wildman–Crippen LogP) is 3.02. The molecular weight excluding hydrogens is 289 g/mol. The Hall–Kier alpha value is -2.59. The molecule has 0 N–H and O–H groups in total. The van der Waals surface area contributed by atoms with Crippen molar-refractivity contribution in [1.29, 1.82) is 5.26 Å². The Kier molecular flexibility index (Phi) is 3.23. The zero-order chi connectivity index (χ0) is 15.0. The Labute approximate surface area is 124 Å². The predicted molar refractivity (Wildman–Crippen MR) is 76.6 cm³/mol. The van der Waals surface area contributed by atoms with Gasteiger partial charge < -0.3 is 0 Å². The van der Waals surface area contributed by atoms with Gasteiger partial charge in [-0.2, -0.15) is 9.94 Å². The Morgan fingerprint density at radius 3 is 2.76 bits per heavy atom. The van der Waals surface area contributed by atoms with Gasteiger partial charge in [0, 0.05) is 10.4 Å². The minimum Gasteiger partial charge on any atom is -0.223 e. The smallest absolute Gasteiger partial charge is 0.212 e. The molecule has 2 aromatic heterocycles. The second-order valence-corrected chi connectivity index (χ2v) is 5.64. The van der Waals surface area contributed by atoms with Crippen molar-refractivity contribution in [2.75, 3.05) is 0 Å². The fraction of sp³-hybridized carbons (Fsp3) is 0.143. The third-order valence-corrected chi connectivity index (χ3v) is 4.12. The molecule has 0 bridgehead atoms. The number of thiazole rings is 1. The van der Waals surface area contributed by atoms with E-state index in [1.54, 1.807) is 12.1 Å². The summed E-state index contributed by atoms with van der Waals surface area (Å²) in [4.78, 5) is 5.47. The van der Waals surface area contributed by atoms with Crippen LogP contribution in [0, 0.1) is 31.0 Å². The molecule has 0 radical (unpaired) electrons. The van der Waals surface area contributed by atoms with Gasteiger partial charge in [0.2, 0.25) is 5.13 Å². The van der Waals surface area contributed by atoms with Gasteiger partial charge in [0.1, 0.15) is 17.6 Å². The average Bonchev–Trinajstić information content (AvgIpc) is 3.03. The lowest BCUT2D eigenvalue weighted by molar-refractivity contribution is 0.628. The molecule has 5 nitrogen and oxygen atoms in total. The molecule has 7 heteroatoms. The molecule has 0 aliphatic carbocycles. The van der Waals surface area contributed by atoms with E-state index in [-0.39, 0.29) is 11.5 Å². The SMILES string of the molecule is Cc1nc(-n2nnc(C#N)c2-c2cccc(F)c2)sc1C. The Morgan fingerprint density at radius 2 is 2.14 bits per heavy atom. The van der Waals surface area contributed by atoms with Crippen LogP contribution in [0.4, 0.5) is 4.39 Å². The number of hydrogen-bond donors (Lipinski definition) is 0. The van der Waals surface area contributed by atoms with Gasteiger partial charge >= 0.3 is 0 Å². The van der Waals surface area contributed by atoms with Crippen LogP contribution < -0.4 is 0 Å². The maximum atomic E-state index is 13.5. The highest BCUT2D eigenvalue weighted by Gasteiger charge is 2.19. The van der Waals surface area contributed by atoms with Crippen LogP contribution in [0.25, 0.3) is 16.4 Å². The molecule has 0 saturated heterocycles. The number of benzene rings is 1. The molecule has 21 heavy (non-hydrogen) atoms. The first kappa shape index (κ1) is 13.4. The fourth-order valence-corrected chi connectivity index (χ4v) is 2.80. The maximum Gasteiger partial charge on any atom is 0.212 e. The first-order valence-electron chi connectivity index (χ1n) is 6.16. The number of rotatable bonds is 2. The molecule has 0 aliphatic rings. The minimum absolute atomic E-state index is 0.145. The Morgan fingerprint density at radius 1 is 1.33 bits per heavy atom. The highest BCUT2D eigenvalue weighted by Crippen LogP contribution is 2.28. The largest absolute Gasteiger partial charge is 0.223 e. The van der Waals surface area contributed by atoms with Crippen molar-refractivity contribution in [3.05, 3.63) is 46.3 Å². The molecule has 0 unspecified atom stereocenters. The molecule has 104 valence electrons. The second-order valence-electron chi connectivity index (χ2n) is 4.46.